The molecule has 2 aliphatic heterocycles. The van der Waals surface area contributed by atoms with E-state index in [2.05, 4.69) is 31.2 Å². The van der Waals surface area contributed by atoms with Crippen molar-refractivity contribution >= 4 is 11.8 Å². The van der Waals surface area contributed by atoms with Crippen LogP contribution in [0.15, 0.2) is 24.3 Å². The van der Waals surface area contributed by atoms with E-state index in [-0.39, 0.29) is 11.8 Å². The van der Waals surface area contributed by atoms with Crippen LogP contribution in [0.25, 0.3) is 0 Å². The molecule has 3 aliphatic rings. The maximum absolute atomic E-state index is 13.0. The van der Waals surface area contributed by atoms with Crippen LogP contribution in [0.2, 0.25) is 0 Å². The second-order valence-electron chi connectivity index (χ2n) is 8.62. The minimum atomic E-state index is -0.415. The topological polar surface area (TPSA) is 40.6 Å². The fourth-order valence-electron chi connectivity index (χ4n) is 5.36. The van der Waals surface area contributed by atoms with Crippen molar-refractivity contribution in [3.63, 3.8) is 0 Å². The summed E-state index contributed by atoms with van der Waals surface area (Å²) in [5, 5.41) is 0. The van der Waals surface area contributed by atoms with Crippen LogP contribution in [0.4, 0.5) is 0 Å². The lowest BCUT2D eigenvalue weighted by molar-refractivity contribution is -0.145. The number of rotatable bonds is 3. The summed E-state index contributed by atoms with van der Waals surface area (Å²) in [6.07, 6.45) is 8.69. The van der Waals surface area contributed by atoms with Gasteiger partial charge in [0.1, 0.15) is 5.92 Å². The highest BCUT2D eigenvalue weighted by atomic mass is 16.2. The van der Waals surface area contributed by atoms with Gasteiger partial charge < -0.3 is 9.80 Å². The molecule has 1 unspecified atom stereocenters. The molecule has 1 aromatic carbocycles. The number of piperidine rings is 1. The van der Waals surface area contributed by atoms with E-state index in [0.29, 0.717) is 18.4 Å². The highest BCUT2D eigenvalue weighted by Crippen LogP contribution is 2.33. The van der Waals surface area contributed by atoms with Crippen LogP contribution in [-0.2, 0) is 9.59 Å². The molecule has 0 spiro atoms. The van der Waals surface area contributed by atoms with Crippen LogP contribution in [0.5, 0.6) is 0 Å². The molecule has 1 aliphatic carbocycles. The van der Waals surface area contributed by atoms with E-state index in [4.69, 9.17) is 0 Å². The van der Waals surface area contributed by atoms with Gasteiger partial charge in [-0.1, -0.05) is 43.5 Å². The first-order valence-electron chi connectivity index (χ1n) is 10.8. The number of carbonyl (C=O) groups excluding carboxylic acids is 2. The molecule has 2 heterocycles. The summed E-state index contributed by atoms with van der Waals surface area (Å²) in [7, 11) is 0. The summed E-state index contributed by atoms with van der Waals surface area (Å²) in [5.41, 5.74) is 2.77. The molecule has 0 bridgehead atoms. The number of nitrogens with zero attached hydrogens (tertiary/aromatic N) is 2. The van der Waals surface area contributed by atoms with Gasteiger partial charge in [0.15, 0.2) is 0 Å². The molecule has 4 nitrogen and oxygen atoms in total. The average molecular weight is 369 g/mol. The Labute approximate surface area is 162 Å². The first-order valence-corrected chi connectivity index (χ1v) is 10.8. The Morgan fingerprint density at radius 1 is 0.926 bits per heavy atom. The summed E-state index contributed by atoms with van der Waals surface area (Å²) in [5.74, 6) is 0.310. The van der Waals surface area contributed by atoms with E-state index in [1.54, 1.807) is 0 Å². The molecule has 2 saturated heterocycles. The minimum Gasteiger partial charge on any atom is -0.342 e. The summed E-state index contributed by atoms with van der Waals surface area (Å²) in [6.45, 7) is 4.51. The maximum atomic E-state index is 13.0. The third-order valence-corrected chi connectivity index (χ3v) is 6.99. The second-order valence-corrected chi connectivity index (χ2v) is 8.62. The van der Waals surface area contributed by atoms with Crippen molar-refractivity contribution in [2.24, 2.45) is 5.92 Å². The van der Waals surface area contributed by atoms with Gasteiger partial charge in [0, 0.05) is 25.7 Å². The SMILES string of the molecule is Cc1ccccc1C1CCN(C(=O)C2CCN(C3CCCCC3)C2=O)CC1. The third-order valence-electron chi connectivity index (χ3n) is 6.99. The fraction of sp³-hybridized carbons (Fsp3) is 0.652. The van der Waals surface area contributed by atoms with Crippen LogP contribution in [0, 0.1) is 12.8 Å². The Bertz CT molecular complexity index is 687. The Morgan fingerprint density at radius 3 is 2.33 bits per heavy atom. The number of aryl methyl sites for hydroxylation is 1. The van der Waals surface area contributed by atoms with Gasteiger partial charge in [-0.25, -0.2) is 0 Å². The number of hydrogen-bond acceptors (Lipinski definition) is 2. The van der Waals surface area contributed by atoms with Gasteiger partial charge in [-0.2, -0.15) is 0 Å². The molecule has 27 heavy (non-hydrogen) atoms. The highest BCUT2D eigenvalue weighted by Gasteiger charge is 2.42. The standard InChI is InChI=1S/C23H32N2O2/c1-17-7-5-6-10-20(17)18-11-14-24(15-12-18)22(26)21-13-16-25(23(21)27)19-8-3-2-4-9-19/h5-7,10,18-19,21H,2-4,8-9,11-16H2,1H3. The zero-order chi connectivity index (χ0) is 18.8. The third kappa shape index (κ3) is 3.76. The molecule has 1 aromatic rings. The molecule has 3 fully saturated rings. The average Bonchev–Trinajstić information content (AvgIpc) is 3.10. The predicted octanol–water partition coefficient (Wildman–Crippen LogP) is 3.88. The van der Waals surface area contributed by atoms with E-state index in [1.807, 2.05) is 9.80 Å². The summed E-state index contributed by atoms with van der Waals surface area (Å²) in [4.78, 5) is 29.9. The summed E-state index contributed by atoms with van der Waals surface area (Å²) >= 11 is 0. The summed E-state index contributed by atoms with van der Waals surface area (Å²) < 4.78 is 0. The van der Waals surface area contributed by atoms with Crippen molar-refractivity contribution in [1.29, 1.82) is 0 Å². The predicted molar refractivity (Wildman–Crippen MR) is 106 cm³/mol. The van der Waals surface area contributed by atoms with Crippen molar-refractivity contribution in [3.05, 3.63) is 35.4 Å². The van der Waals surface area contributed by atoms with Crippen molar-refractivity contribution in [3.8, 4) is 0 Å². The lowest BCUT2D eigenvalue weighted by atomic mass is 9.86. The molecule has 1 saturated carbocycles. The molecule has 2 amide bonds. The Morgan fingerprint density at radius 2 is 1.63 bits per heavy atom. The first-order chi connectivity index (χ1) is 13.1. The van der Waals surface area contributed by atoms with Gasteiger partial charge in [-0.3, -0.25) is 9.59 Å². The minimum absolute atomic E-state index is 0.0848. The number of carbonyl (C=O) groups is 2. The normalized spacial score (nSPS) is 25.2. The van der Waals surface area contributed by atoms with Gasteiger partial charge in [0.05, 0.1) is 0 Å². The molecule has 4 heteroatoms. The number of hydrogen-bond donors (Lipinski definition) is 0. The smallest absolute Gasteiger partial charge is 0.235 e. The lowest BCUT2D eigenvalue weighted by Crippen LogP contribution is -2.45. The van der Waals surface area contributed by atoms with E-state index >= 15 is 0 Å². The zero-order valence-electron chi connectivity index (χ0n) is 16.5. The fourth-order valence-corrected chi connectivity index (χ4v) is 5.36. The van der Waals surface area contributed by atoms with Gasteiger partial charge >= 0.3 is 0 Å². The largest absolute Gasteiger partial charge is 0.342 e. The van der Waals surface area contributed by atoms with Gasteiger partial charge in [-0.05, 0) is 56.1 Å². The Hall–Kier alpha value is -1.84. The molecule has 146 valence electrons. The number of benzene rings is 1. The molecular weight excluding hydrogens is 336 g/mol. The second kappa shape index (κ2) is 8.04. The van der Waals surface area contributed by atoms with Crippen LogP contribution in [-0.4, -0.2) is 47.3 Å². The van der Waals surface area contributed by atoms with Crippen LogP contribution in [0.3, 0.4) is 0 Å². The Balaban J connectivity index is 1.34. The zero-order valence-corrected chi connectivity index (χ0v) is 16.5. The number of likely N-dealkylation sites (tertiary alicyclic amines) is 2. The van der Waals surface area contributed by atoms with E-state index in [1.165, 1.54) is 30.4 Å². The van der Waals surface area contributed by atoms with Crippen LogP contribution < -0.4 is 0 Å². The Kier molecular flexibility index (Phi) is 5.51. The molecule has 1 atom stereocenters. The molecule has 4 rings (SSSR count). The highest BCUT2D eigenvalue weighted by molar-refractivity contribution is 6.01. The van der Waals surface area contributed by atoms with Gasteiger partial charge in [0.2, 0.25) is 11.8 Å². The molecular formula is C23H32N2O2. The quantitative estimate of drug-likeness (QED) is 0.760. The molecule has 0 radical (unpaired) electrons. The van der Waals surface area contributed by atoms with Crippen LogP contribution >= 0.6 is 0 Å². The van der Waals surface area contributed by atoms with E-state index < -0.39 is 5.92 Å². The molecule has 0 aromatic heterocycles. The first kappa shape index (κ1) is 18.5. The summed E-state index contributed by atoms with van der Waals surface area (Å²) in [6, 6.07) is 8.97. The van der Waals surface area contributed by atoms with Crippen molar-refractivity contribution in [2.75, 3.05) is 19.6 Å². The van der Waals surface area contributed by atoms with Gasteiger partial charge in [0.25, 0.3) is 0 Å². The monoisotopic (exact) mass is 368 g/mol. The van der Waals surface area contributed by atoms with Crippen molar-refractivity contribution in [1.82, 2.24) is 9.80 Å². The molecule has 0 N–H and O–H groups in total. The van der Waals surface area contributed by atoms with Gasteiger partial charge in [-0.15, -0.1) is 0 Å². The van der Waals surface area contributed by atoms with Crippen molar-refractivity contribution in [2.45, 2.75) is 70.3 Å². The van der Waals surface area contributed by atoms with E-state index in [0.717, 1.165) is 45.3 Å². The van der Waals surface area contributed by atoms with Crippen LogP contribution in [0.1, 0.15) is 68.4 Å². The van der Waals surface area contributed by atoms with E-state index in [9.17, 15) is 9.59 Å². The maximum Gasteiger partial charge on any atom is 0.235 e. The lowest BCUT2D eigenvalue weighted by Gasteiger charge is -2.34. The number of amides is 2. The van der Waals surface area contributed by atoms with Crippen molar-refractivity contribution < 1.29 is 9.59 Å².